The van der Waals surface area contributed by atoms with Gasteiger partial charge >= 0.3 is 6.09 Å². The molecule has 1 aliphatic rings. The van der Waals surface area contributed by atoms with Crippen molar-refractivity contribution in [2.75, 3.05) is 60.2 Å². The Hall–Kier alpha value is -2.41. The first-order valence-corrected chi connectivity index (χ1v) is 10.6. The van der Waals surface area contributed by atoms with Crippen molar-refractivity contribution in [1.82, 2.24) is 10.2 Å². The molecule has 0 atom stereocenters. The Labute approximate surface area is 179 Å². The molecule has 30 heavy (non-hydrogen) atoms. The zero-order valence-corrected chi connectivity index (χ0v) is 17.9. The lowest BCUT2D eigenvalue weighted by atomic mass is 9.98. The third-order valence-corrected chi connectivity index (χ3v) is 5.13. The molecule has 0 fully saturated rings. The number of nitrogens with one attached hydrogen (secondary N) is 1. The third-order valence-electron chi connectivity index (χ3n) is 5.13. The van der Waals surface area contributed by atoms with E-state index >= 15 is 0 Å². The van der Waals surface area contributed by atoms with Crippen molar-refractivity contribution in [3.63, 3.8) is 0 Å². The van der Waals surface area contributed by atoms with Gasteiger partial charge < -0.3 is 24.4 Å². The zero-order valence-electron chi connectivity index (χ0n) is 17.9. The fourth-order valence-corrected chi connectivity index (χ4v) is 3.58. The van der Waals surface area contributed by atoms with Crippen LogP contribution in [0.2, 0.25) is 0 Å². The van der Waals surface area contributed by atoms with Crippen molar-refractivity contribution >= 4 is 6.09 Å². The number of alkyl carbamates (subject to hydrolysis) is 1. The van der Waals surface area contributed by atoms with Gasteiger partial charge in [0.25, 0.3) is 0 Å². The Morgan fingerprint density at radius 1 is 0.900 bits per heavy atom. The first-order chi connectivity index (χ1) is 14.7. The number of carbonyl (C=O) groups is 1. The summed E-state index contributed by atoms with van der Waals surface area (Å²) in [6.45, 7) is 4.22. The number of benzene rings is 2. The van der Waals surface area contributed by atoms with Gasteiger partial charge in [-0.3, -0.25) is 0 Å². The summed E-state index contributed by atoms with van der Waals surface area (Å²) in [7, 11) is 4.03. The molecule has 6 nitrogen and oxygen atoms in total. The highest BCUT2D eigenvalue weighted by atomic mass is 16.5. The molecule has 0 aromatic heterocycles. The molecule has 0 saturated heterocycles. The maximum atomic E-state index is 12.1. The van der Waals surface area contributed by atoms with Crippen LogP contribution in [-0.2, 0) is 14.2 Å². The lowest BCUT2D eigenvalue weighted by Gasteiger charge is -2.14. The van der Waals surface area contributed by atoms with Gasteiger partial charge in [-0.15, -0.1) is 0 Å². The maximum Gasteiger partial charge on any atom is 0.407 e. The molecule has 1 aliphatic carbocycles. The molecule has 0 radical (unpaired) electrons. The van der Waals surface area contributed by atoms with Gasteiger partial charge in [-0.2, -0.15) is 0 Å². The molecule has 0 unspecified atom stereocenters. The molecule has 0 heterocycles. The van der Waals surface area contributed by atoms with Gasteiger partial charge in [0.1, 0.15) is 6.61 Å². The van der Waals surface area contributed by atoms with Crippen molar-refractivity contribution < 1.29 is 19.0 Å². The first-order valence-electron chi connectivity index (χ1n) is 10.6. The zero-order chi connectivity index (χ0) is 21.2. The van der Waals surface area contributed by atoms with Gasteiger partial charge in [-0.25, -0.2) is 4.79 Å². The Morgan fingerprint density at radius 3 is 2.13 bits per heavy atom. The maximum absolute atomic E-state index is 12.1. The molecule has 1 amide bonds. The number of rotatable bonds is 12. The number of carbonyl (C=O) groups excluding carboxylic acids is 1. The molecule has 6 heteroatoms. The predicted octanol–water partition coefficient (Wildman–Crippen LogP) is 3.51. The van der Waals surface area contributed by atoms with Crippen LogP contribution in [0.3, 0.4) is 0 Å². The normalized spacial score (nSPS) is 12.6. The van der Waals surface area contributed by atoms with Crippen LogP contribution in [0.25, 0.3) is 11.1 Å². The lowest BCUT2D eigenvalue weighted by molar-refractivity contribution is 0.0419. The van der Waals surface area contributed by atoms with Gasteiger partial charge in [0.15, 0.2) is 0 Å². The topological polar surface area (TPSA) is 60.0 Å². The average Bonchev–Trinajstić information content (AvgIpc) is 3.07. The molecule has 162 valence electrons. The predicted molar refractivity (Wildman–Crippen MR) is 118 cm³/mol. The molecular weight excluding hydrogens is 380 g/mol. The summed E-state index contributed by atoms with van der Waals surface area (Å²) in [5, 5.41) is 2.80. The van der Waals surface area contributed by atoms with Gasteiger partial charge in [0.05, 0.1) is 19.8 Å². The van der Waals surface area contributed by atoms with Crippen molar-refractivity contribution in [1.29, 1.82) is 0 Å². The van der Waals surface area contributed by atoms with E-state index in [1.165, 1.54) is 22.3 Å². The Morgan fingerprint density at radius 2 is 1.50 bits per heavy atom. The summed E-state index contributed by atoms with van der Waals surface area (Å²) >= 11 is 0. The highest BCUT2D eigenvalue weighted by Gasteiger charge is 2.28. The van der Waals surface area contributed by atoms with Gasteiger partial charge in [0, 0.05) is 25.6 Å². The molecule has 3 rings (SSSR count). The van der Waals surface area contributed by atoms with Gasteiger partial charge in [-0.1, -0.05) is 48.5 Å². The summed E-state index contributed by atoms with van der Waals surface area (Å²) in [6, 6.07) is 16.6. The molecule has 1 N–H and O–H groups in total. The minimum atomic E-state index is -0.385. The first kappa shape index (κ1) is 22.3. The Kier molecular flexibility index (Phi) is 8.68. The molecule has 0 spiro atoms. The monoisotopic (exact) mass is 412 g/mol. The van der Waals surface area contributed by atoms with Crippen LogP contribution in [0.4, 0.5) is 4.79 Å². The van der Waals surface area contributed by atoms with Gasteiger partial charge in [-0.05, 0) is 42.8 Å². The van der Waals surface area contributed by atoms with Crippen molar-refractivity contribution in [2.24, 2.45) is 0 Å². The van der Waals surface area contributed by atoms with E-state index < -0.39 is 0 Å². The number of amides is 1. The van der Waals surface area contributed by atoms with E-state index in [0.717, 1.165) is 13.0 Å². The van der Waals surface area contributed by atoms with E-state index in [4.69, 9.17) is 14.2 Å². The highest BCUT2D eigenvalue weighted by molar-refractivity contribution is 5.79. The number of nitrogens with zero attached hydrogens (tertiary/aromatic N) is 1. The summed E-state index contributed by atoms with van der Waals surface area (Å²) in [6.07, 6.45) is 0.353. The van der Waals surface area contributed by atoms with E-state index in [1.807, 2.05) is 38.4 Å². The smallest absolute Gasteiger partial charge is 0.407 e. The van der Waals surface area contributed by atoms with E-state index in [0.29, 0.717) is 39.6 Å². The van der Waals surface area contributed by atoms with E-state index in [9.17, 15) is 4.79 Å². The standard InChI is InChI=1S/C24H32N2O4/c1-26(2)13-15-29-17-16-28-14-7-12-25-24(27)30-18-23-21-10-5-3-8-19(21)20-9-4-6-11-22(20)23/h3-6,8-11,23H,7,12-18H2,1-2H3,(H,25,27). The SMILES string of the molecule is CN(C)CCOCCOCCCNC(=O)OCC1c2ccccc2-c2ccccc21. The van der Waals surface area contributed by atoms with E-state index in [1.54, 1.807) is 0 Å². The molecular formula is C24H32N2O4. The van der Waals surface area contributed by atoms with E-state index in [-0.39, 0.29) is 12.0 Å². The Balaban J connectivity index is 1.30. The fourth-order valence-electron chi connectivity index (χ4n) is 3.58. The van der Waals surface area contributed by atoms with Crippen molar-refractivity contribution in [3.05, 3.63) is 59.7 Å². The van der Waals surface area contributed by atoms with Crippen LogP contribution in [0.1, 0.15) is 23.5 Å². The van der Waals surface area contributed by atoms with Crippen molar-refractivity contribution in [2.45, 2.75) is 12.3 Å². The lowest BCUT2D eigenvalue weighted by Crippen LogP contribution is -2.27. The van der Waals surface area contributed by atoms with Crippen molar-refractivity contribution in [3.8, 4) is 11.1 Å². The van der Waals surface area contributed by atoms with Gasteiger partial charge in [0.2, 0.25) is 0 Å². The number of fused-ring (bicyclic) bond motifs is 3. The van der Waals surface area contributed by atoms with E-state index in [2.05, 4.69) is 34.5 Å². The van der Waals surface area contributed by atoms with Crippen LogP contribution >= 0.6 is 0 Å². The van der Waals surface area contributed by atoms with Crippen LogP contribution in [-0.4, -0.2) is 71.2 Å². The molecule has 0 aliphatic heterocycles. The molecule has 0 saturated carbocycles. The highest BCUT2D eigenvalue weighted by Crippen LogP contribution is 2.44. The average molecular weight is 413 g/mol. The minimum absolute atomic E-state index is 0.0824. The summed E-state index contributed by atoms with van der Waals surface area (Å²) in [5.41, 5.74) is 4.88. The largest absolute Gasteiger partial charge is 0.449 e. The summed E-state index contributed by atoms with van der Waals surface area (Å²) in [5.74, 6) is 0.0824. The number of ether oxygens (including phenoxy) is 3. The van der Waals surface area contributed by atoms with Crippen LogP contribution in [0.5, 0.6) is 0 Å². The minimum Gasteiger partial charge on any atom is -0.449 e. The fraction of sp³-hybridized carbons (Fsp3) is 0.458. The molecule has 2 aromatic carbocycles. The number of likely N-dealkylation sites (N-methyl/N-ethyl adjacent to an activating group) is 1. The quantitative estimate of drug-likeness (QED) is 0.541. The number of hydrogen-bond donors (Lipinski definition) is 1. The van der Waals surface area contributed by atoms with Crippen LogP contribution in [0.15, 0.2) is 48.5 Å². The molecule has 0 bridgehead atoms. The summed E-state index contributed by atoms with van der Waals surface area (Å²) in [4.78, 5) is 14.2. The number of hydrogen-bond acceptors (Lipinski definition) is 5. The van der Waals surface area contributed by atoms with Crippen LogP contribution < -0.4 is 5.32 Å². The second-order valence-corrected chi connectivity index (χ2v) is 7.63. The summed E-state index contributed by atoms with van der Waals surface area (Å²) < 4.78 is 16.5. The Bertz CT molecular complexity index is 764. The second kappa shape index (κ2) is 11.7. The molecule has 2 aromatic rings. The van der Waals surface area contributed by atoms with Crippen LogP contribution in [0, 0.1) is 0 Å². The second-order valence-electron chi connectivity index (χ2n) is 7.63. The third kappa shape index (κ3) is 6.29.